The Morgan fingerprint density at radius 1 is 1.07 bits per heavy atom. The maximum atomic E-state index is 12.4. The maximum Gasteiger partial charge on any atom is 0.236 e. The summed E-state index contributed by atoms with van der Waals surface area (Å²) in [6, 6.07) is 18.4. The summed E-state index contributed by atoms with van der Waals surface area (Å²) >= 11 is 0. The lowest BCUT2D eigenvalue weighted by atomic mass is 10.1. The van der Waals surface area contributed by atoms with Gasteiger partial charge in [-0.15, -0.1) is 0 Å². The van der Waals surface area contributed by atoms with Crippen LogP contribution in [0.25, 0.3) is 6.08 Å². The van der Waals surface area contributed by atoms with E-state index in [1.165, 1.54) is 11.1 Å². The molecule has 0 spiro atoms. The Bertz CT molecular complexity index is 784. The Hall–Kier alpha value is -2.63. The van der Waals surface area contributed by atoms with Gasteiger partial charge >= 0.3 is 0 Å². The highest BCUT2D eigenvalue weighted by atomic mass is 16.5. The molecular formula is C24H31N3O2. The number of hydrogen-bond acceptors (Lipinski definition) is 4. The summed E-state index contributed by atoms with van der Waals surface area (Å²) < 4.78 is 5.24. The van der Waals surface area contributed by atoms with Crippen molar-refractivity contribution in [3.63, 3.8) is 0 Å². The van der Waals surface area contributed by atoms with Crippen molar-refractivity contribution in [2.24, 2.45) is 0 Å². The molecule has 0 atom stereocenters. The summed E-state index contributed by atoms with van der Waals surface area (Å²) in [5.41, 5.74) is 2.43. The summed E-state index contributed by atoms with van der Waals surface area (Å²) in [5.74, 6) is 1.06. The molecule has 0 radical (unpaired) electrons. The zero-order valence-electron chi connectivity index (χ0n) is 17.2. The third kappa shape index (κ3) is 7.04. The standard InChI is InChI=1S/C24H31N3O2/c1-29-23-11-5-9-22(19-23)12-13-25-20-24(28)27-17-15-26(16-18-27)14-6-10-21-7-3-2-4-8-21/h2-11,19,25H,12-18,20H2,1H3/b10-6+. The molecule has 1 fully saturated rings. The van der Waals surface area contributed by atoms with E-state index < -0.39 is 0 Å². The lowest BCUT2D eigenvalue weighted by Crippen LogP contribution is -2.50. The molecule has 1 heterocycles. The highest BCUT2D eigenvalue weighted by molar-refractivity contribution is 5.78. The molecule has 1 saturated heterocycles. The number of rotatable bonds is 9. The number of ether oxygens (including phenoxy) is 1. The molecule has 0 aromatic heterocycles. The predicted octanol–water partition coefficient (Wildman–Crippen LogP) is 2.68. The zero-order valence-corrected chi connectivity index (χ0v) is 17.2. The third-order valence-corrected chi connectivity index (χ3v) is 5.20. The summed E-state index contributed by atoms with van der Waals surface area (Å²) in [4.78, 5) is 16.8. The van der Waals surface area contributed by atoms with Crippen LogP contribution in [0, 0.1) is 0 Å². The summed E-state index contributed by atoms with van der Waals surface area (Å²) in [5, 5.41) is 3.28. The van der Waals surface area contributed by atoms with Crippen molar-refractivity contribution in [3.8, 4) is 5.75 Å². The summed E-state index contributed by atoms with van der Waals surface area (Å²) in [7, 11) is 1.68. The zero-order chi connectivity index (χ0) is 20.3. The van der Waals surface area contributed by atoms with Gasteiger partial charge in [0.1, 0.15) is 5.75 Å². The Labute approximate surface area is 174 Å². The monoisotopic (exact) mass is 393 g/mol. The van der Waals surface area contributed by atoms with Crippen LogP contribution in [-0.4, -0.2) is 68.6 Å². The van der Waals surface area contributed by atoms with Gasteiger partial charge in [0.15, 0.2) is 0 Å². The van der Waals surface area contributed by atoms with E-state index in [-0.39, 0.29) is 5.91 Å². The molecule has 5 nitrogen and oxygen atoms in total. The number of methoxy groups -OCH3 is 1. The molecule has 5 heteroatoms. The Balaban J connectivity index is 1.31. The van der Waals surface area contributed by atoms with E-state index in [0.29, 0.717) is 6.54 Å². The van der Waals surface area contributed by atoms with Crippen LogP contribution < -0.4 is 10.1 Å². The first-order valence-corrected chi connectivity index (χ1v) is 10.3. The fraction of sp³-hybridized carbons (Fsp3) is 0.375. The van der Waals surface area contributed by atoms with Crippen molar-refractivity contribution in [2.75, 3.05) is 52.9 Å². The van der Waals surface area contributed by atoms with Gasteiger partial charge in [-0.2, -0.15) is 0 Å². The van der Waals surface area contributed by atoms with Gasteiger partial charge in [-0.3, -0.25) is 9.69 Å². The van der Waals surface area contributed by atoms with Crippen LogP contribution in [0.5, 0.6) is 5.75 Å². The Morgan fingerprint density at radius 3 is 2.62 bits per heavy atom. The molecule has 1 aliphatic heterocycles. The van der Waals surface area contributed by atoms with Crippen molar-refractivity contribution in [1.29, 1.82) is 0 Å². The molecule has 1 N–H and O–H groups in total. The number of nitrogens with one attached hydrogen (secondary N) is 1. The number of carbonyl (C=O) groups excluding carboxylic acids is 1. The molecule has 0 unspecified atom stereocenters. The van der Waals surface area contributed by atoms with Crippen molar-refractivity contribution in [1.82, 2.24) is 15.1 Å². The van der Waals surface area contributed by atoms with Crippen LogP contribution in [0.3, 0.4) is 0 Å². The van der Waals surface area contributed by atoms with E-state index in [2.05, 4.69) is 52.7 Å². The number of amides is 1. The van der Waals surface area contributed by atoms with Gasteiger partial charge in [-0.1, -0.05) is 54.6 Å². The molecule has 1 amide bonds. The van der Waals surface area contributed by atoms with Crippen molar-refractivity contribution in [3.05, 3.63) is 71.8 Å². The van der Waals surface area contributed by atoms with Crippen LogP contribution in [0.1, 0.15) is 11.1 Å². The van der Waals surface area contributed by atoms with Crippen molar-refractivity contribution < 1.29 is 9.53 Å². The molecule has 0 saturated carbocycles. The first-order chi connectivity index (χ1) is 14.2. The number of nitrogens with zero attached hydrogens (tertiary/aromatic N) is 2. The highest BCUT2D eigenvalue weighted by Gasteiger charge is 2.19. The fourth-order valence-corrected chi connectivity index (χ4v) is 3.45. The molecule has 1 aliphatic rings. The van der Waals surface area contributed by atoms with Gasteiger partial charge in [0.25, 0.3) is 0 Å². The fourth-order valence-electron chi connectivity index (χ4n) is 3.45. The second-order valence-electron chi connectivity index (χ2n) is 7.27. The van der Waals surface area contributed by atoms with Crippen LogP contribution in [0.4, 0.5) is 0 Å². The van der Waals surface area contributed by atoms with Gasteiger partial charge < -0.3 is 15.0 Å². The normalized spacial score (nSPS) is 15.0. The first kappa shape index (κ1) is 21.1. The smallest absolute Gasteiger partial charge is 0.236 e. The molecule has 2 aromatic carbocycles. The maximum absolute atomic E-state index is 12.4. The molecule has 2 aromatic rings. The Kier molecular flexibility index (Phi) is 8.28. The second-order valence-corrected chi connectivity index (χ2v) is 7.27. The number of hydrogen-bond donors (Lipinski definition) is 1. The van der Waals surface area contributed by atoms with Gasteiger partial charge in [-0.25, -0.2) is 0 Å². The predicted molar refractivity (Wildman–Crippen MR) is 118 cm³/mol. The molecule has 0 bridgehead atoms. The average Bonchev–Trinajstić information content (AvgIpc) is 2.78. The van der Waals surface area contributed by atoms with E-state index >= 15 is 0 Å². The van der Waals surface area contributed by atoms with Crippen LogP contribution in [0.2, 0.25) is 0 Å². The van der Waals surface area contributed by atoms with Gasteiger partial charge in [0, 0.05) is 32.7 Å². The molecule has 3 rings (SSSR count). The first-order valence-electron chi connectivity index (χ1n) is 10.3. The molecule has 29 heavy (non-hydrogen) atoms. The van der Waals surface area contributed by atoms with Crippen molar-refractivity contribution in [2.45, 2.75) is 6.42 Å². The van der Waals surface area contributed by atoms with Crippen LogP contribution in [-0.2, 0) is 11.2 Å². The van der Waals surface area contributed by atoms with Crippen LogP contribution in [0.15, 0.2) is 60.7 Å². The van der Waals surface area contributed by atoms with E-state index in [1.807, 2.05) is 29.2 Å². The lowest BCUT2D eigenvalue weighted by molar-refractivity contribution is -0.131. The van der Waals surface area contributed by atoms with Gasteiger partial charge in [-0.05, 0) is 36.2 Å². The topological polar surface area (TPSA) is 44.8 Å². The lowest BCUT2D eigenvalue weighted by Gasteiger charge is -2.34. The Morgan fingerprint density at radius 2 is 1.86 bits per heavy atom. The second kappa shape index (κ2) is 11.4. The van der Waals surface area contributed by atoms with E-state index in [0.717, 1.165) is 51.4 Å². The third-order valence-electron chi connectivity index (χ3n) is 5.20. The van der Waals surface area contributed by atoms with E-state index in [1.54, 1.807) is 7.11 Å². The largest absolute Gasteiger partial charge is 0.497 e. The molecule has 0 aliphatic carbocycles. The number of benzene rings is 2. The van der Waals surface area contributed by atoms with Crippen molar-refractivity contribution >= 4 is 12.0 Å². The van der Waals surface area contributed by atoms with Gasteiger partial charge in [0.2, 0.25) is 5.91 Å². The summed E-state index contributed by atoms with van der Waals surface area (Å²) in [6.45, 7) is 5.56. The molecule has 154 valence electrons. The van der Waals surface area contributed by atoms with E-state index in [9.17, 15) is 4.79 Å². The number of carbonyl (C=O) groups is 1. The number of piperazine rings is 1. The highest BCUT2D eigenvalue weighted by Crippen LogP contribution is 2.12. The average molecular weight is 394 g/mol. The minimum atomic E-state index is 0.190. The minimum absolute atomic E-state index is 0.190. The quantitative estimate of drug-likeness (QED) is 0.666. The van der Waals surface area contributed by atoms with Crippen LogP contribution >= 0.6 is 0 Å². The minimum Gasteiger partial charge on any atom is -0.497 e. The van der Waals surface area contributed by atoms with Gasteiger partial charge in [0.05, 0.1) is 13.7 Å². The summed E-state index contributed by atoms with van der Waals surface area (Å²) in [6.07, 6.45) is 5.24. The SMILES string of the molecule is COc1cccc(CCNCC(=O)N2CCN(C/C=C/c3ccccc3)CC2)c1. The molecular weight excluding hydrogens is 362 g/mol. The van der Waals surface area contributed by atoms with E-state index in [4.69, 9.17) is 4.74 Å².